The third-order valence-electron chi connectivity index (χ3n) is 10.9. The lowest BCUT2D eigenvalue weighted by Crippen LogP contribution is -2.48. The summed E-state index contributed by atoms with van der Waals surface area (Å²) in [4.78, 5) is 67.5. The minimum Gasteiger partial charge on any atom is -0.497 e. The van der Waals surface area contributed by atoms with E-state index in [9.17, 15) is 27.6 Å². The predicted octanol–water partition coefficient (Wildman–Crippen LogP) is 6.62. The van der Waals surface area contributed by atoms with Gasteiger partial charge in [0.05, 0.1) is 54.8 Å². The second-order valence-corrected chi connectivity index (χ2v) is 20.6. The quantitative estimate of drug-likeness (QED) is 0.109. The lowest BCUT2D eigenvalue weighted by atomic mass is 9.77. The second-order valence-electron chi connectivity index (χ2n) is 18.4. The summed E-state index contributed by atoms with van der Waals surface area (Å²) in [6.45, 7) is 18.7. The maximum Gasteiger partial charge on any atom is 0.362 e. The van der Waals surface area contributed by atoms with Gasteiger partial charge in [0.15, 0.2) is 10.9 Å². The van der Waals surface area contributed by atoms with Gasteiger partial charge in [-0.25, -0.2) is 14.7 Å². The lowest BCUT2D eigenvalue weighted by molar-refractivity contribution is -0.161. The van der Waals surface area contributed by atoms with Crippen LogP contribution in [0.3, 0.4) is 0 Å². The monoisotopic (exact) mass is 867 g/mol. The first-order chi connectivity index (χ1) is 28.0. The van der Waals surface area contributed by atoms with E-state index in [-0.39, 0.29) is 38.3 Å². The van der Waals surface area contributed by atoms with Crippen LogP contribution < -0.4 is 19.5 Å². The van der Waals surface area contributed by atoms with E-state index in [2.05, 4.69) is 11.9 Å². The first-order valence-electron chi connectivity index (χ1n) is 20.3. The fraction of sp³-hybridized carbons (Fsp3) is 0.581. The number of nitrogens with one attached hydrogen (secondary N) is 2. The van der Waals surface area contributed by atoms with Crippen molar-refractivity contribution in [1.82, 2.24) is 19.6 Å². The number of allylic oxidation sites excluding steroid dienone is 1. The van der Waals surface area contributed by atoms with Crippen LogP contribution in [0.25, 0.3) is 22.3 Å². The fourth-order valence-corrected chi connectivity index (χ4v) is 9.44. The molecule has 15 nitrogen and oxygen atoms in total. The third kappa shape index (κ3) is 10.6. The highest BCUT2D eigenvalue weighted by Gasteiger charge is 2.61. The topological polar surface area (TPSA) is 192 Å². The molecule has 2 amide bonds. The number of nitrogens with zero attached hydrogens (tertiary/aromatic N) is 3. The van der Waals surface area contributed by atoms with Crippen molar-refractivity contribution in [3.63, 3.8) is 0 Å². The van der Waals surface area contributed by atoms with E-state index in [1.165, 1.54) is 22.3 Å². The van der Waals surface area contributed by atoms with Crippen molar-refractivity contribution < 1.29 is 46.0 Å². The standard InChI is InChI=1S/C43H57N5O10S2/c1-11-25-20-43(25,39(52)47-60(53,54)58-26-12-13-26)21-35(49)34-17-28(22-48(34)38(51)30(41(4,5)6)18-37(50)57-42(7,8)9)56-36-19-32(33-23-59-40(46-33)44-24(2)3)45-31-16-27(55-10)14-15-29(31)36/h11,14-16,19,23-26,28,30,34H,1,12-13,17-18,20-22H2,2-10H3,(H,44,46)(H,47,52)/t25-,28-,30-,34+,43-/m1/s1. The Labute approximate surface area is 356 Å². The van der Waals surface area contributed by atoms with Crippen molar-refractivity contribution in [3.8, 4) is 22.9 Å². The lowest BCUT2D eigenvalue weighted by Gasteiger charge is -2.35. The SMILES string of the molecule is C=C[C@@H]1C[C@]1(CC(=O)[C@@H]1C[C@@H](Oc2cc(-c3csc(NC(C)C)n3)nc3cc(OC)ccc23)CN1C(=O)[C@@H](CC(=O)OC(C)(C)C)C(C)(C)C)C(=O)NS(=O)(=O)OC1CC1. The largest absolute Gasteiger partial charge is 0.497 e. The molecule has 1 aromatic carbocycles. The van der Waals surface area contributed by atoms with Gasteiger partial charge in [0.1, 0.15) is 28.9 Å². The molecule has 0 bridgehead atoms. The number of ether oxygens (including phenoxy) is 3. The Kier molecular flexibility index (Phi) is 12.8. The smallest absolute Gasteiger partial charge is 0.362 e. The van der Waals surface area contributed by atoms with Gasteiger partial charge in [0.2, 0.25) is 11.8 Å². The van der Waals surface area contributed by atoms with Crippen molar-refractivity contribution >= 4 is 61.2 Å². The summed E-state index contributed by atoms with van der Waals surface area (Å²) in [6.07, 6.45) is 1.13. The van der Waals surface area contributed by atoms with Crippen molar-refractivity contribution in [1.29, 1.82) is 0 Å². The fourth-order valence-electron chi connectivity index (χ4n) is 7.56. The number of rotatable bonds is 17. The van der Waals surface area contributed by atoms with Crippen LogP contribution in [0.2, 0.25) is 0 Å². The molecular weight excluding hydrogens is 811 g/mol. The van der Waals surface area contributed by atoms with Gasteiger partial charge in [-0.05, 0) is 77.3 Å². The number of Topliss-reactive ketones (excluding diaryl/α,β-unsaturated/α-hetero) is 1. The normalized spacial score (nSPS) is 22.3. The number of hydrogen-bond donors (Lipinski definition) is 2. The Morgan fingerprint density at radius 1 is 1.05 bits per heavy atom. The average Bonchev–Trinajstić information content (AvgIpc) is 3.99. The van der Waals surface area contributed by atoms with Gasteiger partial charge in [-0.2, -0.15) is 8.42 Å². The molecule has 2 aromatic heterocycles. The zero-order chi connectivity index (χ0) is 43.9. The van der Waals surface area contributed by atoms with Crippen molar-refractivity contribution in [2.24, 2.45) is 22.7 Å². The van der Waals surface area contributed by atoms with Crippen LogP contribution in [-0.4, -0.2) is 90.4 Å². The molecule has 0 radical (unpaired) electrons. The zero-order valence-electron chi connectivity index (χ0n) is 35.8. The van der Waals surface area contributed by atoms with E-state index in [4.69, 9.17) is 28.4 Å². The Morgan fingerprint density at radius 3 is 2.37 bits per heavy atom. The number of methoxy groups -OCH3 is 1. The number of carbonyl (C=O) groups excluding carboxylic acids is 4. The minimum absolute atomic E-state index is 0.0156. The number of thiazole rings is 1. The van der Waals surface area contributed by atoms with Crippen LogP contribution in [0.1, 0.15) is 93.9 Å². The molecule has 3 aliphatic rings. The molecule has 5 atom stereocenters. The summed E-state index contributed by atoms with van der Waals surface area (Å²) in [6, 6.07) is 6.29. The number of hydrogen-bond acceptors (Lipinski definition) is 14. The summed E-state index contributed by atoms with van der Waals surface area (Å²) >= 11 is 1.45. The second kappa shape index (κ2) is 17.0. The number of pyridine rings is 1. The van der Waals surface area contributed by atoms with Crippen molar-refractivity contribution in [2.45, 2.75) is 124 Å². The van der Waals surface area contributed by atoms with Crippen LogP contribution in [0, 0.1) is 22.7 Å². The highest BCUT2D eigenvalue weighted by Crippen LogP contribution is 2.57. The van der Waals surface area contributed by atoms with Crippen LogP contribution in [0.5, 0.6) is 11.5 Å². The number of benzene rings is 1. The number of anilines is 1. The highest BCUT2D eigenvalue weighted by atomic mass is 32.2. The number of carbonyl (C=O) groups is 4. The molecular formula is C43H57N5O10S2. The molecule has 2 saturated carbocycles. The number of ketones is 1. The maximum atomic E-state index is 14.8. The van der Waals surface area contributed by atoms with Gasteiger partial charge in [-0.15, -0.1) is 17.9 Å². The number of aromatic nitrogens is 2. The number of likely N-dealkylation sites (tertiary alicyclic amines) is 1. The Balaban J connectivity index is 1.34. The molecule has 2 aliphatic carbocycles. The molecule has 3 aromatic rings. The molecule has 0 unspecified atom stereocenters. The maximum absolute atomic E-state index is 14.8. The van der Waals surface area contributed by atoms with Crippen molar-refractivity contribution in [3.05, 3.63) is 42.3 Å². The van der Waals surface area contributed by atoms with Crippen LogP contribution >= 0.6 is 11.3 Å². The Bertz CT molecular complexity index is 2260. The van der Waals surface area contributed by atoms with E-state index >= 15 is 0 Å². The summed E-state index contributed by atoms with van der Waals surface area (Å²) < 4.78 is 50.4. The first kappa shape index (κ1) is 44.9. The molecule has 0 spiro atoms. The van der Waals surface area contributed by atoms with Gasteiger partial charge in [0.25, 0.3) is 0 Å². The van der Waals surface area contributed by atoms with E-state index < -0.39 is 80.4 Å². The van der Waals surface area contributed by atoms with Crippen LogP contribution in [0.4, 0.5) is 5.13 Å². The predicted molar refractivity (Wildman–Crippen MR) is 228 cm³/mol. The van der Waals surface area contributed by atoms with Crippen LogP contribution in [-0.2, 0) is 38.4 Å². The molecule has 17 heteroatoms. The summed E-state index contributed by atoms with van der Waals surface area (Å²) in [7, 11) is -2.85. The van der Waals surface area contributed by atoms with Gasteiger partial charge >= 0.3 is 16.3 Å². The molecule has 1 aliphatic heterocycles. The van der Waals surface area contributed by atoms with E-state index in [1.807, 2.05) is 50.8 Å². The molecule has 2 N–H and O–H groups in total. The summed E-state index contributed by atoms with van der Waals surface area (Å²) in [5, 5.41) is 6.61. The minimum atomic E-state index is -4.41. The zero-order valence-corrected chi connectivity index (χ0v) is 37.5. The molecule has 3 heterocycles. The van der Waals surface area contributed by atoms with E-state index in [0.717, 1.165) is 5.13 Å². The van der Waals surface area contributed by atoms with Gasteiger partial charge in [-0.1, -0.05) is 26.8 Å². The summed E-state index contributed by atoms with van der Waals surface area (Å²) in [5.74, 6) is -2.63. The molecule has 60 heavy (non-hydrogen) atoms. The molecule has 326 valence electrons. The first-order valence-corrected chi connectivity index (χ1v) is 22.6. The van der Waals surface area contributed by atoms with Gasteiger partial charge < -0.3 is 24.4 Å². The number of esters is 1. The summed E-state index contributed by atoms with van der Waals surface area (Å²) in [5.41, 5.74) is -1.17. The number of fused-ring (bicyclic) bond motifs is 1. The molecule has 6 rings (SSSR count). The van der Waals surface area contributed by atoms with Gasteiger partial charge in [-0.3, -0.25) is 23.4 Å². The molecule has 1 saturated heterocycles. The number of amides is 2. The molecule has 3 fully saturated rings. The van der Waals surface area contributed by atoms with Crippen LogP contribution in [0.15, 0.2) is 42.3 Å². The Morgan fingerprint density at radius 2 is 1.77 bits per heavy atom. The highest BCUT2D eigenvalue weighted by molar-refractivity contribution is 7.85. The average molecular weight is 868 g/mol. The third-order valence-corrected chi connectivity index (χ3v) is 12.6. The Hall–Kier alpha value is -4.61. The van der Waals surface area contributed by atoms with E-state index in [0.29, 0.717) is 46.6 Å². The van der Waals surface area contributed by atoms with Crippen molar-refractivity contribution in [2.75, 3.05) is 19.0 Å². The van der Waals surface area contributed by atoms with Gasteiger partial charge in [0, 0.05) is 41.8 Å². The van der Waals surface area contributed by atoms with E-state index in [1.54, 1.807) is 46.1 Å².